The molecule has 0 spiro atoms. The fourth-order valence-corrected chi connectivity index (χ4v) is 2.70. The summed E-state index contributed by atoms with van der Waals surface area (Å²) < 4.78 is 4.93. The molecule has 24 heavy (non-hydrogen) atoms. The Hall–Kier alpha value is -3.00. The van der Waals surface area contributed by atoms with E-state index in [1.165, 1.54) is 28.4 Å². The normalized spacial score (nSPS) is 13.5. The maximum absolute atomic E-state index is 12.3. The lowest BCUT2D eigenvalue weighted by molar-refractivity contribution is -0.143. The summed E-state index contributed by atoms with van der Waals surface area (Å²) in [6, 6.07) is 6.95. The average Bonchev–Trinajstić information content (AvgIpc) is 3.10. The molecule has 2 heterocycles. The van der Waals surface area contributed by atoms with Gasteiger partial charge >= 0.3 is 5.97 Å². The van der Waals surface area contributed by atoms with Crippen molar-refractivity contribution in [2.75, 3.05) is 23.4 Å². The monoisotopic (exact) mass is 343 g/mol. The topological polar surface area (TPSA) is 88.6 Å². The summed E-state index contributed by atoms with van der Waals surface area (Å²) in [5.41, 5.74) is 1.13. The summed E-state index contributed by atoms with van der Waals surface area (Å²) in [6.45, 7) is -0.551. The van der Waals surface area contributed by atoms with E-state index in [1.807, 2.05) is 0 Å². The van der Waals surface area contributed by atoms with Crippen LogP contribution in [0.4, 0.5) is 11.4 Å². The van der Waals surface area contributed by atoms with Gasteiger partial charge in [-0.2, -0.15) is 0 Å². The first-order valence-electron chi connectivity index (χ1n) is 7.07. The molecule has 0 saturated heterocycles. The molecule has 3 rings (SSSR count). The number of hydrogen-bond donors (Lipinski definition) is 1. The second kappa shape index (κ2) is 7.05. The predicted octanol–water partition coefficient (Wildman–Crippen LogP) is 1.68. The van der Waals surface area contributed by atoms with Crippen molar-refractivity contribution in [2.24, 2.45) is 0 Å². The molecule has 8 heteroatoms. The van der Waals surface area contributed by atoms with E-state index in [2.05, 4.69) is 10.3 Å². The minimum atomic E-state index is -0.645. The summed E-state index contributed by atoms with van der Waals surface area (Å²) in [5.74, 6) is -1.40. The Morgan fingerprint density at radius 1 is 1.38 bits per heavy atom. The Morgan fingerprint density at radius 2 is 2.21 bits per heavy atom. The second-order valence-electron chi connectivity index (χ2n) is 4.86. The Kier molecular flexibility index (Phi) is 4.66. The van der Waals surface area contributed by atoms with Crippen LogP contribution in [0.15, 0.2) is 41.9 Å². The molecule has 0 unspecified atom stereocenters. The number of para-hydroxylation sites is 2. The summed E-state index contributed by atoms with van der Waals surface area (Å²) in [6.07, 6.45) is 4.35. The van der Waals surface area contributed by atoms with Crippen molar-refractivity contribution in [3.05, 3.63) is 46.9 Å². The van der Waals surface area contributed by atoms with E-state index < -0.39 is 18.5 Å². The van der Waals surface area contributed by atoms with Crippen molar-refractivity contribution in [2.45, 2.75) is 0 Å². The fraction of sp³-hybridized carbons (Fsp3) is 0.125. The third kappa shape index (κ3) is 3.66. The van der Waals surface area contributed by atoms with Crippen LogP contribution in [0.5, 0.6) is 0 Å². The van der Waals surface area contributed by atoms with Gasteiger partial charge < -0.3 is 10.1 Å². The molecule has 7 nitrogen and oxygen atoms in total. The quantitative estimate of drug-likeness (QED) is 0.674. The molecule has 0 fully saturated rings. The van der Waals surface area contributed by atoms with E-state index in [-0.39, 0.29) is 12.5 Å². The molecule has 0 radical (unpaired) electrons. The molecular formula is C16H13N3O4S. The molecule has 1 aromatic heterocycles. The van der Waals surface area contributed by atoms with E-state index in [1.54, 1.807) is 35.8 Å². The molecule has 0 saturated carbocycles. The zero-order valence-electron chi connectivity index (χ0n) is 12.5. The number of nitrogens with one attached hydrogen (secondary N) is 1. The van der Waals surface area contributed by atoms with Gasteiger partial charge in [0, 0.05) is 17.7 Å². The Balaban J connectivity index is 1.61. The molecule has 2 amide bonds. The van der Waals surface area contributed by atoms with Crippen molar-refractivity contribution in [1.82, 2.24) is 4.98 Å². The van der Waals surface area contributed by atoms with E-state index in [0.29, 0.717) is 16.4 Å². The maximum Gasteiger partial charge on any atom is 0.331 e. The fourth-order valence-electron chi connectivity index (χ4n) is 2.17. The van der Waals surface area contributed by atoms with Crippen LogP contribution in [-0.2, 0) is 19.1 Å². The van der Waals surface area contributed by atoms with Crippen molar-refractivity contribution >= 4 is 46.6 Å². The van der Waals surface area contributed by atoms with Crippen LogP contribution < -0.4 is 10.2 Å². The predicted molar refractivity (Wildman–Crippen MR) is 89.5 cm³/mol. The number of thiazole rings is 1. The third-order valence-corrected chi connectivity index (χ3v) is 3.96. The van der Waals surface area contributed by atoms with E-state index >= 15 is 0 Å². The molecule has 0 bridgehead atoms. The van der Waals surface area contributed by atoms with Gasteiger partial charge in [0.1, 0.15) is 11.6 Å². The van der Waals surface area contributed by atoms with Gasteiger partial charge in [0.15, 0.2) is 6.61 Å². The highest BCUT2D eigenvalue weighted by Crippen LogP contribution is 2.28. The van der Waals surface area contributed by atoms with Crippen LogP contribution in [0.2, 0.25) is 0 Å². The average molecular weight is 343 g/mol. The standard InChI is InChI=1S/C16H13N3O4S/c20-13-9-19(12-4-2-1-3-11(12)18-13)15(21)10-23-16(22)6-5-14-17-7-8-24-14/h1-8H,9-10H2,(H,18,20)/b6-5+. The van der Waals surface area contributed by atoms with Gasteiger partial charge in [0.05, 0.1) is 11.4 Å². The molecular weight excluding hydrogens is 330 g/mol. The number of ether oxygens (including phenoxy) is 1. The zero-order chi connectivity index (χ0) is 16.9. The molecule has 1 aromatic carbocycles. The summed E-state index contributed by atoms with van der Waals surface area (Å²) in [4.78, 5) is 40.9. The second-order valence-corrected chi connectivity index (χ2v) is 5.78. The van der Waals surface area contributed by atoms with Crippen molar-refractivity contribution < 1.29 is 19.1 Å². The van der Waals surface area contributed by atoms with Crippen molar-refractivity contribution in [1.29, 1.82) is 0 Å². The van der Waals surface area contributed by atoms with Crippen LogP contribution in [0.1, 0.15) is 5.01 Å². The first-order chi connectivity index (χ1) is 11.6. The minimum absolute atomic E-state index is 0.109. The highest BCUT2D eigenvalue weighted by Gasteiger charge is 2.26. The first kappa shape index (κ1) is 15.9. The van der Waals surface area contributed by atoms with Crippen LogP contribution >= 0.6 is 11.3 Å². The van der Waals surface area contributed by atoms with E-state index in [0.717, 1.165) is 0 Å². The molecule has 0 atom stereocenters. The van der Waals surface area contributed by atoms with Gasteiger partial charge in [-0.3, -0.25) is 14.5 Å². The molecule has 2 aromatic rings. The summed E-state index contributed by atoms with van der Waals surface area (Å²) in [7, 11) is 0. The number of benzene rings is 1. The van der Waals surface area contributed by atoms with Gasteiger partial charge in [0.25, 0.3) is 5.91 Å². The Morgan fingerprint density at radius 3 is 3.00 bits per heavy atom. The minimum Gasteiger partial charge on any atom is -0.452 e. The number of hydrogen-bond acceptors (Lipinski definition) is 6. The highest BCUT2D eigenvalue weighted by atomic mass is 32.1. The number of aromatic nitrogens is 1. The van der Waals surface area contributed by atoms with Crippen LogP contribution in [0.3, 0.4) is 0 Å². The van der Waals surface area contributed by atoms with Gasteiger partial charge in [-0.1, -0.05) is 12.1 Å². The van der Waals surface area contributed by atoms with E-state index in [4.69, 9.17) is 4.74 Å². The zero-order valence-corrected chi connectivity index (χ0v) is 13.3. The number of amides is 2. The van der Waals surface area contributed by atoms with Crippen LogP contribution in [0, 0.1) is 0 Å². The van der Waals surface area contributed by atoms with Gasteiger partial charge in [-0.05, 0) is 18.2 Å². The number of rotatable bonds is 4. The maximum atomic E-state index is 12.3. The van der Waals surface area contributed by atoms with E-state index in [9.17, 15) is 14.4 Å². The highest BCUT2D eigenvalue weighted by molar-refractivity contribution is 7.10. The number of nitrogens with zero attached hydrogens (tertiary/aromatic N) is 2. The lowest BCUT2D eigenvalue weighted by Gasteiger charge is -2.28. The number of esters is 1. The van der Waals surface area contributed by atoms with Crippen LogP contribution in [0.25, 0.3) is 6.08 Å². The summed E-state index contributed by atoms with van der Waals surface area (Å²) in [5, 5.41) is 5.14. The Bertz CT molecular complexity index is 801. The van der Waals surface area contributed by atoms with Crippen molar-refractivity contribution in [3.63, 3.8) is 0 Å². The van der Waals surface area contributed by atoms with Gasteiger partial charge in [-0.15, -0.1) is 11.3 Å². The SMILES string of the molecule is O=C1CN(C(=O)COC(=O)/C=C/c2nccs2)c2ccccc2N1. The number of carbonyl (C=O) groups excluding carboxylic acids is 3. The molecule has 122 valence electrons. The van der Waals surface area contributed by atoms with Crippen molar-refractivity contribution in [3.8, 4) is 0 Å². The third-order valence-electron chi connectivity index (χ3n) is 3.22. The lowest BCUT2D eigenvalue weighted by atomic mass is 10.2. The number of anilines is 2. The lowest BCUT2D eigenvalue weighted by Crippen LogP contribution is -2.43. The molecule has 1 N–H and O–H groups in total. The Labute approximate surface area is 141 Å². The molecule has 1 aliphatic heterocycles. The number of fused-ring (bicyclic) bond motifs is 1. The molecule has 0 aliphatic carbocycles. The molecule has 1 aliphatic rings. The first-order valence-corrected chi connectivity index (χ1v) is 7.95. The largest absolute Gasteiger partial charge is 0.452 e. The van der Waals surface area contributed by atoms with Gasteiger partial charge in [0.2, 0.25) is 5.91 Å². The van der Waals surface area contributed by atoms with Crippen LogP contribution in [-0.4, -0.2) is 35.9 Å². The summed E-state index contributed by atoms with van der Waals surface area (Å²) >= 11 is 1.38. The smallest absolute Gasteiger partial charge is 0.331 e. The van der Waals surface area contributed by atoms with Gasteiger partial charge in [-0.25, -0.2) is 9.78 Å². The number of carbonyl (C=O) groups is 3.